The molecule has 1 aromatic rings. The summed E-state index contributed by atoms with van der Waals surface area (Å²) in [7, 11) is -3.55. The van der Waals surface area contributed by atoms with E-state index in [4.69, 9.17) is 4.74 Å². The molecule has 0 spiro atoms. The fourth-order valence-corrected chi connectivity index (χ4v) is 4.21. The van der Waals surface area contributed by atoms with Crippen LogP contribution in [0.3, 0.4) is 0 Å². The van der Waals surface area contributed by atoms with E-state index in [0.29, 0.717) is 25.9 Å². The van der Waals surface area contributed by atoms with Crippen LogP contribution in [0.4, 0.5) is 0 Å². The Bertz CT molecular complexity index is 692. The Kier molecular flexibility index (Phi) is 6.12. The molecule has 0 bridgehead atoms. The van der Waals surface area contributed by atoms with Crippen molar-refractivity contribution in [1.82, 2.24) is 4.31 Å². The highest BCUT2D eigenvalue weighted by atomic mass is 32.2. The smallest absolute Gasteiger partial charge is 0.338 e. The predicted octanol–water partition coefficient (Wildman–Crippen LogP) is 2.39. The van der Waals surface area contributed by atoms with Crippen molar-refractivity contribution in [2.75, 3.05) is 13.1 Å². The summed E-state index contributed by atoms with van der Waals surface area (Å²) in [6, 6.07) is 5.64. The summed E-state index contributed by atoms with van der Waals surface area (Å²) in [6.45, 7) is 4.31. The average Bonchev–Trinajstić information content (AvgIpc) is 2.58. The first-order valence-corrected chi connectivity index (χ1v) is 9.68. The monoisotopic (exact) mass is 353 g/mol. The Hall–Kier alpha value is -1.73. The third kappa shape index (κ3) is 4.02. The van der Waals surface area contributed by atoms with Gasteiger partial charge in [-0.1, -0.05) is 13.8 Å². The number of rotatable bonds is 6. The average molecular weight is 353 g/mol. The van der Waals surface area contributed by atoms with Crippen molar-refractivity contribution in [3.05, 3.63) is 29.8 Å². The molecule has 1 fully saturated rings. The number of nitrogens with zero attached hydrogens (tertiary/aromatic N) is 1. The van der Waals surface area contributed by atoms with Crippen LogP contribution in [-0.2, 0) is 19.6 Å². The van der Waals surface area contributed by atoms with Crippen LogP contribution in [0.2, 0.25) is 0 Å². The highest BCUT2D eigenvalue weighted by molar-refractivity contribution is 7.89. The van der Waals surface area contributed by atoms with Crippen LogP contribution in [0.25, 0.3) is 0 Å². The van der Waals surface area contributed by atoms with Gasteiger partial charge in [-0.15, -0.1) is 0 Å². The van der Waals surface area contributed by atoms with Crippen LogP contribution in [0.1, 0.15) is 49.9 Å². The molecule has 0 aliphatic heterocycles. The van der Waals surface area contributed by atoms with E-state index in [1.54, 1.807) is 13.8 Å². The van der Waals surface area contributed by atoms with Gasteiger partial charge in [0.15, 0.2) is 11.9 Å². The SMILES string of the molecule is CCN(CC)S(=O)(=O)c1ccc(C(=O)OC2CCCCC2=O)cc1. The highest BCUT2D eigenvalue weighted by Crippen LogP contribution is 2.20. The molecular weight excluding hydrogens is 330 g/mol. The standard InChI is InChI=1S/C17H23NO5S/c1-3-18(4-2)24(21,22)14-11-9-13(10-12-14)17(20)23-16-8-6-5-7-15(16)19/h9-12,16H,3-8H2,1-2H3. The molecule has 0 heterocycles. The lowest BCUT2D eigenvalue weighted by molar-refractivity contribution is -0.129. The quantitative estimate of drug-likeness (QED) is 0.734. The number of Topliss-reactive ketones (excluding diaryl/α,β-unsaturated/α-hetero) is 1. The number of esters is 1. The first kappa shape index (κ1) is 18.6. The number of carbonyl (C=O) groups excluding carboxylic acids is 2. The summed E-state index contributed by atoms with van der Waals surface area (Å²) >= 11 is 0. The van der Waals surface area contributed by atoms with Gasteiger partial charge in [0.25, 0.3) is 0 Å². The molecule has 0 amide bonds. The maximum Gasteiger partial charge on any atom is 0.338 e. The van der Waals surface area contributed by atoms with E-state index < -0.39 is 22.1 Å². The van der Waals surface area contributed by atoms with Crippen molar-refractivity contribution in [1.29, 1.82) is 0 Å². The van der Waals surface area contributed by atoms with Crippen LogP contribution >= 0.6 is 0 Å². The zero-order chi connectivity index (χ0) is 17.7. The zero-order valence-corrected chi connectivity index (χ0v) is 14.8. The lowest BCUT2D eigenvalue weighted by Gasteiger charge is -2.21. The molecule has 2 rings (SSSR count). The largest absolute Gasteiger partial charge is 0.451 e. The summed E-state index contributed by atoms with van der Waals surface area (Å²) in [5, 5.41) is 0. The summed E-state index contributed by atoms with van der Waals surface area (Å²) in [6.07, 6.45) is 2.03. The normalized spacial score (nSPS) is 18.6. The number of hydrogen-bond donors (Lipinski definition) is 0. The number of carbonyl (C=O) groups is 2. The second kappa shape index (κ2) is 7.90. The topological polar surface area (TPSA) is 80.8 Å². The van der Waals surface area contributed by atoms with Crippen molar-refractivity contribution in [3.63, 3.8) is 0 Å². The summed E-state index contributed by atoms with van der Waals surface area (Å²) in [4.78, 5) is 24.0. The number of ether oxygens (including phenoxy) is 1. The van der Waals surface area contributed by atoms with E-state index in [1.807, 2.05) is 0 Å². The second-order valence-corrected chi connectivity index (χ2v) is 7.66. The van der Waals surface area contributed by atoms with E-state index in [-0.39, 0.29) is 16.2 Å². The third-order valence-electron chi connectivity index (χ3n) is 4.18. The molecule has 1 saturated carbocycles. The predicted molar refractivity (Wildman–Crippen MR) is 89.2 cm³/mol. The molecule has 1 aromatic carbocycles. The van der Waals surface area contributed by atoms with Crippen molar-refractivity contribution in [3.8, 4) is 0 Å². The lowest BCUT2D eigenvalue weighted by Crippen LogP contribution is -2.31. The van der Waals surface area contributed by atoms with Crippen molar-refractivity contribution >= 4 is 21.8 Å². The number of hydrogen-bond acceptors (Lipinski definition) is 5. The van der Waals surface area contributed by atoms with Gasteiger partial charge in [-0.05, 0) is 43.5 Å². The number of benzene rings is 1. The minimum Gasteiger partial charge on any atom is -0.451 e. The van der Waals surface area contributed by atoms with Crippen LogP contribution in [-0.4, -0.2) is 43.7 Å². The summed E-state index contributed by atoms with van der Waals surface area (Å²) in [5.74, 6) is -0.641. The molecule has 0 radical (unpaired) electrons. The molecule has 132 valence electrons. The molecular formula is C17H23NO5S. The Morgan fingerprint density at radius 3 is 2.33 bits per heavy atom. The van der Waals surface area contributed by atoms with Gasteiger partial charge in [-0.3, -0.25) is 4.79 Å². The van der Waals surface area contributed by atoms with Gasteiger partial charge in [0.05, 0.1) is 10.5 Å². The number of ketones is 1. The van der Waals surface area contributed by atoms with Gasteiger partial charge in [-0.25, -0.2) is 13.2 Å². The molecule has 24 heavy (non-hydrogen) atoms. The molecule has 0 saturated heterocycles. The zero-order valence-electron chi connectivity index (χ0n) is 14.0. The Morgan fingerprint density at radius 2 is 1.79 bits per heavy atom. The molecule has 6 nitrogen and oxygen atoms in total. The van der Waals surface area contributed by atoms with Crippen LogP contribution < -0.4 is 0 Å². The minimum absolute atomic E-state index is 0.0460. The Labute approximate surface area is 142 Å². The van der Waals surface area contributed by atoms with Gasteiger partial charge in [0.2, 0.25) is 10.0 Å². The van der Waals surface area contributed by atoms with Crippen LogP contribution in [0.5, 0.6) is 0 Å². The first-order valence-electron chi connectivity index (χ1n) is 8.24. The van der Waals surface area contributed by atoms with E-state index in [0.717, 1.165) is 12.8 Å². The third-order valence-corrected chi connectivity index (χ3v) is 6.25. The van der Waals surface area contributed by atoms with Gasteiger partial charge in [-0.2, -0.15) is 4.31 Å². The molecule has 0 N–H and O–H groups in total. The van der Waals surface area contributed by atoms with E-state index in [9.17, 15) is 18.0 Å². The molecule has 0 aromatic heterocycles. The lowest BCUT2D eigenvalue weighted by atomic mass is 9.96. The van der Waals surface area contributed by atoms with Crippen molar-refractivity contribution < 1.29 is 22.7 Å². The van der Waals surface area contributed by atoms with E-state index in [1.165, 1.54) is 28.6 Å². The number of sulfonamides is 1. The van der Waals surface area contributed by atoms with Gasteiger partial charge in [0.1, 0.15) is 0 Å². The van der Waals surface area contributed by atoms with Crippen molar-refractivity contribution in [2.45, 2.75) is 50.5 Å². The molecule has 7 heteroatoms. The Balaban J connectivity index is 2.11. The van der Waals surface area contributed by atoms with Crippen LogP contribution in [0.15, 0.2) is 29.2 Å². The van der Waals surface area contributed by atoms with Crippen LogP contribution in [0, 0.1) is 0 Å². The van der Waals surface area contributed by atoms with Gasteiger partial charge >= 0.3 is 5.97 Å². The second-order valence-electron chi connectivity index (χ2n) is 5.72. The molecule has 1 unspecified atom stereocenters. The van der Waals surface area contributed by atoms with Gasteiger partial charge < -0.3 is 4.74 Å². The van der Waals surface area contributed by atoms with Gasteiger partial charge in [0, 0.05) is 19.5 Å². The first-order chi connectivity index (χ1) is 11.4. The van der Waals surface area contributed by atoms with E-state index >= 15 is 0 Å². The molecule has 1 aliphatic rings. The summed E-state index contributed by atoms with van der Waals surface area (Å²) in [5.41, 5.74) is 0.242. The molecule has 1 aliphatic carbocycles. The van der Waals surface area contributed by atoms with Crippen molar-refractivity contribution in [2.24, 2.45) is 0 Å². The highest BCUT2D eigenvalue weighted by Gasteiger charge is 2.27. The molecule has 1 atom stereocenters. The summed E-state index contributed by atoms with van der Waals surface area (Å²) < 4.78 is 31.4. The fourth-order valence-electron chi connectivity index (χ4n) is 2.75. The fraction of sp³-hybridized carbons (Fsp3) is 0.529. The minimum atomic E-state index is -3.55. The Morgan fingerprint density at radius 1 is 1.17 bits per heavy atom. The maximum atomic E-state index is 12.4. The maximum absolute atomic E-state index is 12.4. The van der Waals surface area contributed by atoms with E-state index in [2.05, 4.69) is 0 Å².